The Morgan fingerprint density at radius 3 is 3.00 bits per heavy atom. The minimum absolute atomic E-state index is 0.257. The number of nitrogens with zero attached hydrogens (tertiary/aromatic N) is 1. The summed E-state index contributed by atoms with van der Waals surface area (Å²) < 4.78 is 5.05. The van der Waals surface area contributed by atoms with Crippen molar-refractivity contribution < 1.29 is 9.21 Å². The zero-order valence-corrected chi connectivity index (χ0v) is 9.52. The molecular formula is C12H9ClN2O2. The van der Waals surface area contributed by atoms with E-state index < -0.39 is 0 Å². The fraction of sp³-hybridized carbons (Fsp3) is 0. The van der Waals surface area contributed by atoms with Crippen LogP contribution in [-0.4, -0.2) is 10.9 Å². The molecule has 0 saturated carbocycles. The minimum atomic E-state index is -0.295. The lowest BCUT2D eigenvalue weighted by Crippen LogP contribution is -2.08. The van der Waals surface area contributed by atoms with E-state index in [1.165, 1.54) is 12.3 Å². The predicted octanol–water partition coefficient (Wildman–Crippen LogP) is 2.98. The highest BCUT2D eigenvalue weighted by Gasteiger charge is 2.02. The number of halogens is 1. The van der Waals surface area contributed by atoms with Crippen LogP contribution in [0.3, 0.4) is 0 Å². The molecule has 0 saturated heterocycles. The summed E-state index contributed by atoms with van der Waals surface area (Å²) in [6.07, 6.45) is 6.02. The molecule has 0 aliphatic rings. The molecule has 2 aromatic heterocycles. The summed E-state index contributed by atoms with van der Waals surface area (Å²) in [5.74, 6) is 0.314. The van der Waals surface area contributed by atoms with Crippen LogP contribution in [0.15, 0.2) is 47.2 Å². The van der Waals surface area contributed by atoms with E-state index in [-0.39, 0.29) is 11.1 Å². The quantitative estimate of drug-likeness (QED) is 0.671. The number of carbonyl (C=O) groups is 1. The molecule has 0 aliphatic carbocycles. The number of anilines is 1. The second kappa shape index (κ2) is 5.32. The van der Waals surface area contributed by atoms with Crippen molar-refractivity contribution >= 4 is 29.3 Å². The molecule has 2 heterocycles. The normalized spacial score (nSPS) is 10.6. The van der Waals surface area contributed by atoms with Gasteiger partial charge in [0, 0.05) is 12.3 Å². The Morgan fingerprint density at radius 1 is 1.41 bits per heavy atom. The van der Waals surface area contributed by atoms with Gasteiger partial charge in [-0.1, -0.05) is 11.6 Å². The molecule has 2 rings (SSSR count). The predicted molar refractivity (Wildman–Crippen MR) is 65.6 cm³/mol. The van der Waals surface area contributed by atoms with Crippen molar-refractivity contribution in [1.29, 1.82) is 0 Å². The lowest BCUT2D eigenvalue weighted by molar-refractivity contribution is -0.111. The zero-order chi connectivity index (χ0) is 12.1. The van der Waals surface area contributed by atoms with E-state index in [9.17, 15) is 4.79 Å². The zero-order valence-electron chi connectivity index (χ0n) is 8.76. The van der Waals surface area contributed by atoms with E-state index in [1.807, 2.05) is 0 Å². The lowest BCUT2D eigenvalue weighted by atomic mass is 10.3. The molecule has 1 N–H and O–H groups in total. The summed E-state index contributed by atoms with van der Waals surface area (Å²) in [4.78, 5) is 15.4. The van der Waals surface area contributed by atoms with Crippen LogP contribution in [0.4, 0.5) is 5.69 Å². The topological polar surface area (TPSA) is 55.1 Å². The van der Waals surface area contributed by atoms with Gasteiger partial charge in [0.1, 0.15) is 5.76 Å². The Kier molecular flexibility index (Phi) is 3.57. The number of furan rings is 1. The Bertz CT molecular complexity index is 535. The van der Waals surface area contributed by atoms with Crippen LogP contribution in [0.2, 0.25) is 5.15 Å². The molecule has 5 heteroatoms. The maximum absolute atomic E-state index is 11.5. The molecule has 4 nitrogen and oxygen atoms in total. The van der Waals surface area contributed by atoms with E-state index in [0.717, 1.165) is 0 Å². The average molecular weight is 249 g/mol. The number of nitrogens with one attached hydrogen (secondary N) is 1. The molecule has 0 spiro atoms. The summed E-state index contributed by atoms with van der Waals surface area (Å²) in [5.41, 5.74) is 0.475. The van der Waals surface area contributed by atoms with Crippen LogP contribution in [0.5, 0.6) is 0 Å². The first-order chi connectivity index (χ1) is 8.25. The van der Waals surface area contributed by atoms with Crippen LogP contribution in [0, 0.1) is 0 Å². The largest absolute Gasteiger partial charge is 0.465 e. The van der Waals surface area contributed by atoms with Gasteiger partial charge in [0.05, 0.1) is 12.0 Å². The van der Waals surface area contributed by atoms with Crippen LogP contribution >= 0.6 is 11.6 Å². The Labute approximate surface area is 103 Å². The molecule has 0 aliphatic heterocycles. The molecule has 0 aromatic carbocycles. The van der Waals surface area contributed by atoms with Gasteiger partial charge < -0.3 is 9.73 Å². The number of aromatic nitrogens is 1. The molecule has 0 atom stereocenters. The maximum atomic E-state index is 11.5. The second-order valence-corrected chi connectivity index (χ2v) is 3.54. The Morgan fingerprint density at radius 2 is 2.29 bits per heavy atom. The van der Waals surface area contributed by atoms with Gasteiger partial charge in [0.2, 0.25) is 5.91 Å². The van der Waals surface area contributed by atoms with Crippen molar-refractivity contribution in [3.05, 3.63) is 53.7 Å². The summed E-state index contributed by atoms with van der Waals surface area (Å²) in [5, 5.41) is 2.87. The third kappa shape index (κ3) is 3.19. The van der Waals surface area contributed by atoms with Crippen molar-refractivity contribution in [2.45, 2.75) is 0 Å². The van der Waals surface area contributed by atoms with Gasteiger partial charge in [-0.2, -0.15) is 0 Å². The summed E-state index contributed by atoms with van der Waals surface area (Å²) in [6.45, 7) is 0. The summed E-state index contributed by atoms with van der Waals surface area (Å²) in [6, 6.07) is 6.86. The highest BCUT2D eigenvalue weighted by molar-refractivity contribution is 6.32. The molecule has 2 aromatic rings. The van der Waals surface area contributed by atoms with Crippen molar-refractivity contribution in [3.63, 3.8) is 0 Å². The Hall–Kier alpha value is -2.07. The van der Waals surface area contributed by atoms with Gasteiger partial charge in [-0.25, -0.2) is 4.98 Å². The van der Waals surface area contributed by atoms with Crippen molar-refractivity contribution in [3.8, 4) is 0 Å². The monoisotopic (exact) mass is 248 g/mol. The Balaban J connectivity index is 2.01. The number of hydrogen-bond acceptors (Lipinski definition) is 3. The number of pyridine rings is 1. The fourth-order valence-corrected chi connectivity index (χ4v) is 1.36. The molecule has 1 amide bonds. The number of hydrogen-bond donors (Lipinski definition) is 1. The van der Waals surface area contributed by atoms with Gasteiger partial charge in [-0.05, 0) is 30.3 Å². The first-order valence-electron chi connectivity index (χ1n) is 4.89. The third-order valence-electron chi connectivity index (χ3n) is 1.96. The number of carbonyl (C=O) groups excluding carboxylic acids is 1. The average Bonchev–Trinajstić information content (AvgIpc) is 2.82. The fourth-order valence-electron chi connectivity index (χ4n) is 1.20. The van der Waals surface area contributed by atoms with Gasteiger partial charge in [0.25, 0.3) is 0 Å². The van der Waals surface area contributed by atoms with E-state index in [0.29, 0.717) is 11.4 Å². The second-order valence-electron chi connectivity index (χ2n) is 3.18. The molecule has 0 fully saturated rings. The first-order valence-corrected chi connectivity index (χ1v) is 5.26. The van der Waals surface area contributed by atoms with Gasteiger partial charge in [-0.15, -0.1) is 0 Å². The van der Waals surface area contributed by atoms with Crippen LogP contribution < -0.4 is 5.32 Å². The van der Waals surface area contributed by atoms with E-state index in [4.69, 9.17) is 16.0 Å². The standard InChI is InChI=1S/C12H9ClN2O2/c13-12-10(4-1-7-14-12)15-11(16)6-5-9-3-2-8-17-9/h1-8H,(H,15,16)/b6-5+. The van der Waals surface area contributed by atoms with Gasteiger partial charge in [-0.3, -0.25) is 4.79 Å². The lowest BCUT2D eigenvalue weighted by Gasteiger charge is -2.02. The number of amides is 1. The number of rotatable bonds is 3. The summed E-state index contributed by atoms with van der Waals surface area (Å²) >= 11 is 5.80. The smallest absolute Gasteiger partial charge is 0.248 e. The summed E-state index contributed by atoms with van der Waals surface area (Å²) in [7, 11) is 0. The highest BCUT2D eigenvalue weighted by Crippen LogP contribution is 2.17. The SMILES string of the molecule is O=C(/C=C/c1ccco1)Nc1cccnc1Cl. The van der Waals surface area contributed by atoms with Crippen molar-refractivity contribution in [2.75, 3.05) is 5.32 Å². The van der Waals surface area contributed by atoms with Crippen LogP contribution in [0.25, 0.3) is 6.08 Å². The highest BCUT2D eigenvalue weighted by atomic mass is 35.5. The molecule has 86 valence electrons. The van der Waals surface area contributed by atoms with E-state index in [1.54, 1.807) is 36.5 Å². The maximum Gasteiger partial charge on any atom is 0.248 e. The van der Waals surface area contributed by atoms with Crippen LogP contribution in [0.1, 0.15) is 5.76 Å². The van der Waals surface area contributed by atoms with E-state index >= 15 is 0 Å². The molecule has 0 radical (unpaired) electrons. The molecule has 17 heavy (non-hydrogen) atoms. The van der Waals surface area contributed by atoms with Gasteiger partial charge in [0.15, 0.2) is 5.15 Å². The third-order valence-corrected chi connectivity index (χ3v) is 2.26. The first kappa shape index (κ1) is 11.4. The van der Waals surface area contributed by atoms with Gasteiger partial charge >= 0.3 is 0 Å². The molecule has 0 unspecified atom stereocenters. The minimum Gasteiger partial charge on any atom is -0.465 e. The van der Waals surface area contributed by atoms with E-state index in [2.05, 4.69) is 10.3 Å². The van der Waals surface area contributed by atoms with Crippen molar-refractivity contribution in [1.82, 2.24) is 4.98 Å². The van der Waals surface area contributed by atoms with Crippen LogP contribution in [-0.2, 0) is 4.79 Å². The molecule has 0 bridgehead atoms. The molecular weight excluding hydrogens is 240 g/mol. The van der Waals surface area contributed by atoms with Crippen molar-refractivity contribution in [2.24, 2.45) is 0 Å².